The summed E-state index contributed by atoms with van der Waals surface area (Å²) in [5, 5.41) is 128. The predicted octanol–water partition coefficient (Wildman–Crippen LogP) is 1.10. The number of hydrogen-bond donors (Lipinski definition) is 12. The molecule has 75 heavy (non-hydrogen) atoms. The van der Waals surface area contributed by atoms with E-state index in [1.54, 1.807) is 0 Å². The maximum absolute atomic E-state index is 14.6. The summed E-state index contributed by atoms with van der Waals surface area (Å²) < 4.78 is 53.2. The summed E-state index contributed by atoms with van der Waals surface area (Å²) in [6.45, 7) is 1.89. The molecule has 3 aliphatic heterocycles. The zero-order valence-electron chi connectivity index (χ0n) is 39.4. The van der Waals surface area contributed by atoms with Crippen LogP contribution in [0.3, 0.4) is 0 Å². The van der Waals surface area contributed by atoms with Gasteiger partial charge in [-0.05, 0) is 79.6 Å². The number of fused-ring (bicyclic) bond motifs is 1. The Balaban J connectivity index is 1.17. The van der Waals surface area contributed by atoms with Gasteiger partial charge >= 0.3 is 11.9 Å². The Kier molecular flexibility index (Phi) is 16.3. The first kappa shape index (κ1) is 53.9. The van der Waals surface area contributed by atoms with Crippen molar-refractivity contribution in [2.24, 2.45) is 0 Å². The maximum atomic E-state index is 14.6. The summed E-state index contributed by atoms with van der Waals surface area (Å²) in [5.41, 5.74) is -0.829. The molecule has 1 aromatic heterocycles. The van der Waals surface area contributed by atoms with Crippen LogP contribution < -0.4 is 10.2 Å². The Bertz CT molecular complexity index is 2960. The molecule has 3 aliphatic rings. The van der Waals surface area contributed by atoms with Gasteiger partial charge in [-0.2, -0.15) is 0 Å². The third-order valence-electron chi connectivity index (χ3n) is 12.4. The lowest BCUT2D eigenvalue weighted by Gasteiger charge is -2.47. The van der Waals surface area contributed by atoms with Crippen molar-refractivity contribution in [3.63, 3.8) is 0 Å². The molecular weight excluding hydrogens is 997 g/mol. The number of aromatic hydroxyl groups is 6. The van der Waals surface area contributed by atoms with Crippen LogP contribution in [0.2, 0.25) is 0 Å². The normalized spacial score (nSPS) is 30.1. The van der Waals surface area contributed by atoms with Crippen LogP contribution in [0.5, 0.6) is 40.2 Å². The molecule has 400 valence electrons. The number of ether oxygens (including phenoxy) is 8. The van der Waals surface area contributed by atoms with E-state index in [2.05, 4.69) is 0 Å². The van der Waals surface area contributed by atoms with Gasteiger partial charge in [-0.15, -0.1) is 0 Å². The van der Waals surface area contributed by atoms with E-state index in [-0.39, 0.29) is 17.1 Å². The van der Waals surface area contributed by atoms with Crippen molar-refractivity contribution in [2.45, 2.75) is 106 Å². The Morgan fingerprint density at radius 2 is 1.15 bits per heavy atom. The number of carbonyl (C=O) groups excluding carboxylic acids is 2. The predicted molar refractivity (Wildman–Crippen MR) is 253 cm³/mol. The summed E-state index contributed by atoms with van der Waals surface area (Å²) in [6, 6.07) is 16.4. The van der Waals surface area contributed by atoms with E-state index in [0.717, 1.165) is 36.4 Å². The van der Waals surface area contributed by atoms with Crippen LogP contribution in [0.25, 0.3) is 34.4 Å². The fraction of sp³-hybridized carbons (Fsp3) is 0.353. The number of phenols is 6. The quantitative estimate of drug-likeness (QED) is 0.0421. The lowest BCUT2D eigenvalue weighted by molar-refractivity contribution is -0.360. The van der Waals surface area contributed by atoms with Crippen molar-refractivity contribution in [2.75, 3.05) is 6.61 Å². The molecule has 0 amide bonds. The molecule has 0 radical (unpaired) electrons. The van der Waals surface area contributed by atoms with Crippen LogP contribution in [-0.4, -0.2) is 172 Å². The molecule has 5 aromatic rings. The molecule has 0 aliphatic carbocycles. The Hall–Kier alpha value is -7.33. The van der Waals surface area contributed by atoms with Crippen molar-refractivity contribution >= 4 is 35.1 Å². The van der Waals surface area contributed by atoms with Gasteiger partial charge in [0.1, 0.15) is 76.7 Å². The van der Waals surface area contributed by atoms with Gasteiger partial charge in [0.15, 0.2) is 48.2 Å². The van der Waals surface area contributed by atoms with E-state index in [0.29, 0.717) is 11.1 Å². The molecule has 15 atom stereocenters. The van der Waals surface area contributed by atoms with Crippen LogP contribution in [0.4, 0.5) is 0 Å². The molecule has 0 bridgehead atoms. The summed E-state index contributed by atoms with van der Waals surface area (Å²) in [5.74, 6) is -6.25. The average molecular weight is 1050 g/mol. The summed E-state index contributed by atoms with van der Waals surface area (Å²) in [7, 11) is 0. The van der Waals surface area contributed by atoms with Crippen molar-refractivity contribution in [1.29, 1.82) is 0 Å². The zero-order chi connectivity index (χ0) is 54.0. The summed E-state index contributed by atoms with van der Waals surface area (Å²) in [6.07, 6.45) is -22.5. The van der Waals surface area contributed by atoms with Crippen molar-refractivity contribution in [3.05, 3.63) is 112 Å². The van der Waals surface area contributed by atoms with E-state index >= 15 is 0 Å². The second-order valence-electron chi connectivity index (χ2n) is 17.7. The Labute approximate surface area is 423 Å². The topological polar surface area (TPSA) is 381 Å². The third-order valence-corrected chi connectivity index (χ3v) is 12.4. The van der Waals surface area contributed by atoms with E-state index in [4.69, 9.17) is 42.3 Å². The van der Waals surface area contributed by atoms with Gasteiger partial charge in [0.25, 0.3) is 0 Å². The van der Waals surface area contributed by atoms with Gasteiger partial charge in [0, 0.05) is 29.8 Å². The maximum Gasteiger partial charge on any atom is 0.331 e. The molecule has 4 heterocycles. The number of benzene rings is 4. The minimum absolute atomic E-state index is 0.0167. The molecule has 24 heteroatoms. The van der Waals surface area contributed by atoms with Crippen molar-refractivity contribution in [1.82, 2.24) is 0 Å². The fourth-order valence-electron chi connectivity index (χ4n) is 8.38. The SMILES string of the molecule is C[C@@H]1O[C@@H](O[C@H]2[C@H](Oc3c(-c4ccc(O)c(O)c4)oc4cc(O)cc(O)c4c3=O)O[C@H](CO[C@H]3O[C@H](C)[C@@H](O)[C@H](O)[C@@H]3O)[C@H](OC(=O)/C=C/c3ccc(O)cc3)[C@@H]2O)[C@H](O)[C@H](O)[C@H]1OC(=O)/C=C/c1ccc(O)cc1. The standard InChI is InChI=1S/C51H52O24/c1-21-37(60)39(62)41(64)49(68-21)67-20-33-46(73-35(59)16-8-24-5-12-27(53)13-6-24)43(66)48(75-50-42(65)40(63)44(22(2)69-50)72-34(58)15-7-23-3-10-26(52)11-4-23)51(71-33)74-47-38(61)36-31(57)18-28(54)19-32(36)70-45(47)25-9-14-29(55)30(56)17-25/h3-19,21-22,33,37,39-44,46,48-57,60,62-66H,20H2,1-2H3/b15-7+,16-8+/t21-,22+,33-,37-,39+,40+,41+,42-,43+,44+,46+,48-,49+,50+,51+/m1/s1. The summed E-state index contributed by atoms with van der Waals surface area (Å²) >= 11 is 0. The largest absolute Gasteiger partial charge is 0.508 e. The van der Waals surface area contributed by atoms with E-state index in [9.17, 15) is 75.7 Å². The number of esters is 2. The zero-order valence-corrected chi connectivity index (χ0v) is 39.4. The van der Waals surface area contributed by atoms with Crippen LogP contribution in [0.15, 0.2) is 100 Å². The number of rotatable bonds is 14. The van der Waals surface area contributed by atoms with Gasteiger partial charge < -0.3 is 104 Å². The van der Waals surface area contributed by atoms with Crippen molar-refractivity contribution in [3.8, 4) is 51.6 Å². The highest BCUT2D eigenvalue weighted by molar-refractivity contribution is 5.89. The number of phenolic OH excluding ortho intramolecular Hbond substituents is 6. The fourth-order valence-corrected chi connectivity index (χ4v) is 8.38. The van der Waals surface area contributed by atoms with Gasteiger partial charge in [-0.3, -0.25) is 4.79 Å². The first-order valence-electron chi connectivity index (χ1n) is 23.1. The number of aliphatic hydroxyl groups excluding tert-OH is 6. The van der Waals surface area contributed by atoms with Crippen LogP contribution in [-0.2, 0) is 42.7 Å². The number of carbonyl (C=O) groups is 2. The van der Waals surface area contributed by atoms with Gasteiger partial charge in [-0.1, -0.05) is 24.3 Å². The molecule has 12 N–H and O–H groups in total. The van der Waals surface area contributed by atoms with Crippen LogP contribution in [0, 0.1) is 0 Å². The molecule has 24 nitrogen and oxygen atoms in total. The minimum atomic E-state index is -2.21. The van der Waals surface area contributed by atoms with E-state index in [1.165, 1.54) is 80.6 Å². The average Bonchev–Trinajstić information content (AvgIpc) is 3.37. The van der Waals surface area contributed by atoms with Crippen LogP contribution in [0.1, 0.15) is 25.0 Å². The number of hydrogen-bond acceptors (Lipinski definition) is 24. The molecular formula is C51H52O24. The van der Waals surface area contributed by atoms with Crippen LogP contribution >= 0.6 is 0 Å². The third kappa shape index (κ3) is 12.0. The van der Waals surface area contributed by atoms with Gasteiger partial charge in [0.05, 0.1) is 18.8 Å². The highest BCUT2D eigenvalue weighted by Crippen LogP contribution is 2.41. The second kappa shape index (κ2) is 22.6. The highest BCUT2D eigenvalue weighted by Gasteiger charge is 2.54. The van der Waals surface area contributed by atoms with Crippen molar-refractivity contribution < 1.29 is 113 Å². The number of aliphatic hydroxyl groups is 6. The first-order valence-corrected chi connectivity index (χ1v) is 23.1. The molecule has 0 spiro atoms. The minimum Gasteiger partial charge on any atom is -0.508 e. The molecule has 0 saturated carbocycles. The van der Waals surface area contributed by atoms with Gasteiger partial charge in [-0.25, -0.2) is 9.59 Å². The molecule has 8 rings (SSSR count). The molecule has 4 aromatic carbocycles. The molecule has 0 unspecified atom stereocenters. The van der Waals surface area contributed by atoms with E-state index < -0.39 is 162 Å². The highest BCUT2D eigenvalue weighted by atomic mass is 16.8. The Morgan fingerprint density at radius 1 is 0.560 bits per heavy atom. The first-order chi connectivity index (χ1) is 35.7. The van der Waals surface area contributed by atoms with Gasteiger partial charge in [0.2, 0.25) is 17.5 Å². The van der Waals surface area contributed by atoms with E-state index in [1.807, 2.05) is 0 Å². The molecule has 3 fully saturated rings. The molecule has 3 saturated heterocycles. The monoisotopic (exact) mass is 1050 g/mol. The lowest BCUT2D eigenvalue weighted by Crippen LogP contribution is -2.66. The Morgan fingerprint density at radius 3 is 1.76 bits per heavy atom. The second-order valence-corrected chi connectivity index (χ2v) is 17.7. The lowest BCUT2D eigenvalue weighted by atomic mass is 9.97. The smallest absolute Gasteiger partial charge is 0.331 e. The summed E-state index contributed by atoms with van der Waals surface area (Å²) in [4.78, 5) is 41.1.